The Kier molecular flexibility index (Phi) is 3.41. The van der Waals surface area contributed by atoms with Crippen molar-refractivity contribution in [2.75, 3.05) is 6.54 Å². The lowest BCUT2D eigenvalue weighted by atomic mass is 9.80. The second-order valence-corrected chi connectivity index (χ2v) is 4.06. The summed E-state index contributed by atoms with van der Waals surface area (Å²) in [5, 5.41) is 8.70. The highest BCUT2D eigenvalue weighted by Gasteiger charge is 2.28. The van der Waals surface area contributed by atoms with Crippen molar-refractivity contribution >= 4 is 5.78 Å². The molecule has 3 nitrogen and oxygen atoms in total. The van der Waals surface area contributed by atoms with Crippen LogP contribution in [-0.4, -0.2) is 12.3 Å². The highest BCUT2D eigenvalue weighted by Crippen LogP contribution is 2.25. The van der Waals surface area contributed by atoms with Gasteiger partial charge in [-0.2, -0.15) is 5.26 Å². The van der Waals surface area contributed by atoms with Crippen LogP contribution in [0.3, 0.4) is 0 Å². The molecule has 2 N–H and O–H groups in total. The van der Waals surface area contributed by atoms with Crippen molar-refractivity contribution < 1.29 is 9.18 Å². The molecule has 0 fully saturated rings. The third-order valence-corrected chi connectivity index (χ3v) is 2.69. The second-order valence-electron chi connectivity index (χ2n) is 4.06. The van der Waals surface area contributed by atoms with Crippen LogP contribution in [0.25, 0.3) is 0 Å². The summed E-state index contributed by atoms with van der Waals surface area (Å²) in [6.45, 7) is 3.33. The van der Waals surface area contributed by atoms with E-state index < -0.39 is 11.2 Å². The molecule has 0 heterocycles. The molecule has 0 saturated heterocycles. The number of benzene rings is 1. The molecular formula is C12H13FN2O. The van der Waals surface area contributed by atoms with E-state index in [1.54, 1.807) is 19.9 Å². The van der Waals surface area contributed by atoms with Gasteiger partial charge in [0.1, 0.15) is 11.9 Å². The first-order valence-corrected chi connectivity index (χ1v) is 4.87. The third kappa shape index (κ3) is 2.10. The number of nitriles is 1. The minimum atomic E-state index is -0.798. The maximum Gasteiger partial charge on any atom is 0.156 e. The highest BCUT2D eigenvalue weighted by atomic mass is 19.1. The maximum absolute atomic E-state index is 13.1. The van der Waals surface area contributed by atoms with Crippen molar-refractivity contribution in [1.82, 2.24) is 0 Å². The van der Waals surface area contributed by atoms with Crippen molar-refractivity contribution in [2.45, 2.75) is 19.3 Å². The summed E-state index contributed by atoms with van der Waals surface area (Å²) in [6, 6.07) is 5.84. The van der Waals surface area contributed by atoms with E-state index in [4.69, 9.17) is 11.0 Å². The van der Waals surface area contributed by atoms with E-state index in [1.165, 1.54) is 18.2 Å². The number of carbonyl (C=O) groups excluding carboxylic acids is 1. The number of rotatable bonds is 3. The predicted molar refractivity (Wildman–Crippen MR) is 58.2 cm³/mol. The number of carbonyl (C=O) groups is 1. The van der Waals surface area contributed by atoms with E-state index in [1.807, 2.05) is 0 Å². The normalized spacial score (nSPS) is 10.9. The molecule has 0 saturated carbocycles. The first-order valence-electron chi connectivity index (χ1n) is 4.87. The molecule has 0 aromatic heterocycles. The molecular weight excluding hydrogens is 207 g/mol. The molecule has 1 aromatic rings. The predicted octanol–water partition coefficient (Wildman–Crippen LogP) is 1.50. The zero-order valence-electron chi connectivity index (χ0n) is 9.25. The maximum atomic E-state index is 13.1. The van der Waals surface area contributed by atoms with Crippen molar-refractivity contribution in [3.63, 3.8) is 0 Å². The van der Waals surface area contributed by atoms with Crippen molar-refractivity contribution in [1.29, 1.82) is 5.26 Å². The van der Waals surface area contributed by atoms with E-state index in [0.717, 1.165) is 0 Å². The van der Waals surface area contributed by atoms with Gasteiger partial charge < -0.3 is 5.73 Å². The zero-order chi connectivity index (χ0) is 12.3. The minimum absolute atomic E-state index is 0.0598. The first-order chi connectivity index (χ1) is 7.43. The van der Waals surface area contributed by atoms with Crippen molar-refractivity contribution in [3.05, 3.63) is 35.1 Å². The molecule has 0 spiro atoms. The summed E-state index contributed by atoms with van der Waals surface area (Å²) in [5.41, 5.74) is 5.05. The number of hydrogen-bond acceptors (Lipinski definition) is 3. The van der Waals surface area contributed by atoms with Gasteiger partial charge in [-0.15, -0.1) is 0 Å². The first kappa shape index (κ1) is 12.3. The Morgan fingerprint density at radius 3 is 2.69 bits per heavy atom. The van der Waals surface area contributed by atoms with Crippen LogP contribution in [0.4, 0.5) is 4.39 Å². The molecule has 1 rings (SSSR count). The number of ketones is 1. The fourth-order valence-electron chi connectivity index (χ4n) is 1.42. The van der Waals surface area contributed by atoms with Crippen molar-refractivity contribution in [3.8, 4) is 6.07 Å². The fraction of sp³-hybridized carbons (Fsp3) is 0.333. The van der Waals surface area contributed by atoms with Gasteiger partial charge in [-0.3, -0.25) is 4.79 Å². The third-order valence-electron chi connectivity index (χ3n) is 2.69. The van der Waals surface area contributed by atoms with E-state index in [0.29, 0.717) is 5.56 Å². The van der Waals surface area contributed by atoms with Crippen LogP contribution >= 0.6 is 0 Å². The lowest BCUT2D eigenvalue weighted by Crippen LogP contribution is -2.34. The molecule has 84 valence electrons. The summed E-state index contributed by atoms with van der Waals surface area (Å²) >= 11 is 0. The Hall–Kier alpha value is -1.73. The molecule has 4 heteroatoms. The molecule has 0 aliphatic rings. The van der Waals surface area contributed by atoms with Gasteiger partial charge in [0.2, 0.25) is 0 Å². The lowest BCUT2D eigenvalue weighted by Gasteiger charge is -2.23. The minimum Gasteiger partial charge on any atom is -0.324 e. The van der Waals surface area contributed by atoms with Crippen LogP contribution in [0.15, 0.2) is 18.2 Å². The summed E-state index contributed by atoms with van der Waals surface area (Å²) < 4.78 is 13.1. The highest BCUT2D eigenvalue weighted by molar-refractivity contribution is 5.90. The summed E-state index contributed by atoms with van der Waals surface area (Å²) in [5.74, 6) is -0.731. The summed E-state index contributed by atoms with van der Waals surface area (Å²) in [6.07, 6.45) is 0. The Morgan fingerprint density at radius 2 is 2.19 bits per heavy atom. The average Bonchev–Trinajstić information content (AvgIpc) is 2.28. The summed E-state index contributed by atoms with van der Waals surface area (Å²) in [7, 11) is 0. The monoisotopic (exact) mass is 220 g/mol. The summed E-state index contributed by atoms with van der Waals surface area (Å²) in [4.78, 5) is 11.6. The van der Waals surface area contributed by atoms with E-state index in [-0.39, 0.29) is 17.9 Å². The van der Waals surface area contributed by atoms with Gasteiger partial charge in [0.05, 0.1) is 12.1 Å². The van der Waals surface area contributed by atoms with E-state index >= 15 is 0 Å². The Bertz CT molecular complexity index is 461. The molecule has 0 atom stereocenters. The SMILES string of the molecule is CC(C)(C(=O)CN)c1ccc(F)c(C#N)c1. The molecule has 0 aliphatic carbocycles. The molecule has 0 aliphatic heterocycles. The number of halogens is 1. The van der Waals surface area contributed by atoms with Crippen LogP contribution in [0, 0.1) is 17.1 Å². The number of nitrogens with zero attached hydrogens (tertiary/aromatic N) is 1. The topological polar surface area (TPSA) is 66.9 Å². The van der Waals surface area contributed by atoms with E-state index in [2.05, 4.69) is 0 Å². The Morgan fingerprint density at radius 1 is 1.56 bits per heavy atom. The molecule has 16 heavy (non-hydrogen) atoms. The van der Waals surface area contributed by atoms with E-state index in [9.17, 15) is 9.18 Å². The lowest BCUT2D eigenvalue weighted by molar-refractivity contribution is -0.122. The van der Waals surface area contributed by atoms with Crippen LogP contribution in [0.1, 0.15) is 25.0 Å². The Balaban J connectivity index is 3.25. The molecule has 0 bridgehead atoms. The zero-order valence-corrected chi connectivity index (χ0v) is 9.25. The van der Waals surface area contributed by atoms with Crippen molar-refractivity contribution in [2.24, 2.45) is 5.73 Å². The molecule has 0 radical (unpaired) electrons. The molecule has 0 amide bonds. The van der Waals surface area contributed by atoms with Gasteiger partial charge in [0.25, 0.3) is 0 Å². The Labute approximate surface area is 93.7 Å². The van der Waals surface area contributed by atoms with Gasteiger partial charge in [-0.1, -0.05) is 6.07 Å². The van der Waals surface area contributed by atoms with Crippen LogP contribution in [-0.2, 0) is 10.2 Å². The fourth-order valence-corrected chi connectivity index (χ4v) is 1.42. The van der Waals surface area contributed by atoms with Gasteiger partial charge in [-0.25, -0.2) is 4.39 Å². The number of nitrogens with two attached hydrogens (primary N) is 1. The average molecular weight is 220 g/mol. The molecule has 1 aromatic carbocycles. The van der Waals surface area contributed by atoms with Gasteiger partial charge in [0, 0.05) is 5.41 Å². The number of Topliss-reactive ketones (excluding diaryl/α,β-unsaturated/α-hetero) is 1. The van der Waals surface area contributed by atoms with Gasteiger partial charge in [0.15, 0.2) is 5.78 Å². The van der Waals surface area contributed by atoms with Crippen LogP contribution in [0.2, 0.25) is 0 Å². The quantitative estimate of drug-likeness (QED) is 0.839. The smallest absolute Gasteiger partial charge is 0.156 e. The number of hydrogen-bond donors (Lipinski definition) is 1. The van der Waals surface area contributed by atoms with Gasteiger partial charge >= 0.3 is 0 Å². The standard InChI is InChI=1S/C12H13FN2O/c1-12(2,11(16)7-15)9-3-4-10(13)8(5-9)6-14/h3-5H,7,15H2,1-2H3. The van der Waals surface area contributed by atoms with Crippen LogP contribution < -0.4 is 5.73 Å². The van der Waals surface area contributed by atoms with Crippen LogP contribution in [0.5, 0.6) is 0 Å². The largest absolute Gasteiger partial charge is 0.324 e. The molecule has 0 unspecified atom stereocenters. The second kappa shape index (κ2) is 4.42. The van der Waals surface area contributed by atoms with Gasteiger partial charge in [-0.05, 0) is 31.5 Å².